The lowest BCUT2D eigenvalue weighted by molar-refractivity contribution is -0.117. The van der Waals surface area contributed by atoms with E-state index < -0.39 is 5.91 Å². The van der Waals surface area contributed by atoms with E-state index in [0.717, 1.165) is 10.5 Å². The first-order valence-corrected chi connectivity index (χ1v) is 5.49. The number of amides is 2. The minimum atomic E-state index is -0.553. The Morgan fingerprint density at radius 2 is 2.12 bits per heavy atom. The van der Waals surface area contributed by atoms with Gasteiger partial charge in [0.1, 0.15) is 5.70 Å². The SMILES string of the molecule is NNC(=O)/C=C1/Nc2ccc(Br)cc2NC1=O. The average molecular weight is 297 g/mol. The van der Waals surface area contributed by atoms with Crippen LogP contribution in [0.25, 0.3) is 0 Å². The van der Waals surface area contributed by atoms with Gasteiger partial charge in [-0.2, -0.15) is 0 Å². The number of carbonyl (C=O) groups excluding carboxylic acids is 2. The van der Waals surface area contributed by atoms with Crippen molar-refractivity contribution in [1.29, 1.82) is 0 Å². The van der Waals surface area contributed by atoms with E-state index >= 15 is 0 Å². The third kappa shape index (κ3) is 2.45. The first kappa shape index (κ1) is 11.6. The van der Waals surface area contributed by atoms with E-state index in [1.54, 1.807) is 12.1 Å². The largest absolute Gasteiger partial charge is 0.349 e. The van der Waals surface area contributed by atoms with Crippen LogP contribution in [0.2, 0.25) is 0 Å². The van der Waals surface area contributed by atoms with Crippen molar-refractivity contribution in [2.24, 2.45) is 5.84 Å². The van der Waals surface area contributed by atoms with Gasteiger partial charge in [0.05, 0.1) is 11.4 Å². The second-order valence-electron chi connectivity index (χ2n) is 3.34. The van der Waals surface area contributed by atoms with Crippen LogP contribution in [0.1, 0.15) is 0 Å². The van der Waals surface area contributed by atoms with Crippen molar-refractivity contribution in [2.75, 3.05) is 10.6 Å². The molecular formula is C10H9BrN4O2. The molecule has 1 heterocycles. The van der Waals surface area contributed by atoms with Crippen LogP contribution in [0.3, 0.4) is 0 Å². The number of hydrazine groups is 1. The summed E-state index contributed by atoms with van der Waals surface area (Å²) >= 11 is 3.30. The van der Waals surface area contributed by atoms with Crippen molar-refractivity contribution in [2.45, 2.75) is 0 Å². The highest BCUT2D eigenvalue weighted by atomic mass is 79.9. The quantitative estimate of drug-likeness (QED) is 0.265. The Morgan fingerprint density at radius 3 is 2.82 bits per heavy atom. The molecule has 0 spiro atoms. The summed E-state index contributed by atoms with van der Waals surface area (Å²) in [5.41, 5.74) is 3.42. The van der Waals surface area contributed by atoms with Crippen LogP contribution < -0.4 is 21.9 Å². The highest BCUT2D eigenvalue weighted by Gasteiger charge is 2.20. The molecule has 1 aliphatic rings. The number of hydrogen-bond donors (Lipinski definition) is 4. The Morgan fingerprint density at radius 1 is 1.35 bits per heavy atom. The molecule has 0 atom stereocenters. The van der Waals surface area contributed by atoms with Crippen LogP contribution in [-0.2, 0) is 9.59 Å². The van der Waals surface area contributed by atoms with Gasteiger partial charge >= 0.3 is 0 Å². The van der Waals surface area contributed by atoms with Crippen molar-refractivity contribution in [1.82, 2.24) is 5.43 Å². The number of benzene rings is 1. The zero-order valence-corrected chi connectivity index (χ0v) is 10.2. The zero-order valence-electron chi connectivity index (χ0n) is 8.58. The number of hydrogen-bond acceptors (Lipinski definition) is 4. The number of nitrogens with two attached hydrogens (primary N) is 1. The van der Waals surface area contributed by atoms with Crippen LogP contribution in [0.4, 0.5) is 11.4 Å². The van der Waals surface area contributed by atoms with E-state index in [2.05, 4.69) is 26.6 Å². The topological polar surface area (TPSA) is 96.2 Å². The number of halogens is 1. The van der Waals surface area contributed by atoms with Crippen LogP contribution in [0.5, 0.6) is 0 Å². The lowest BCUT2D eigenvalue weighted by Crippen LogP contribution is -2.32. The molecule has 1 aliphatic heterocycles. The number of nitrogens with one attached hydrogen (secondary N) is 3. The van der Waals surface area contributed by atoms with Gasteiger partial charge < -0.3 is 10.6 Å². The molecule has 2 rings (SSSR count). The fraction of sp³-hybridized carbons (Fsp3) is 0. The predicted molar refractivity (Wildman–Crippen MR) is 66.8 cm³/mol. The third-order valence-corrected chi connectivity index (χ3v) is 2.65. The molecule has 5 N–H and O–H groups in total. The zero-order chi connectivity index (χ0) is 12.4. The predicted octanol–water partition coefficient (Wildman–Crippen LogP) is 0.687. The van der Waals surface area contributed by atoms with Crippen molar-refractivity contribution in [3.05, 3.63) is 34.4 Å². The van der Waals surface area contributed by atoms with Crippen molar-refractivity contribution >= 4 is 39.1 Å². The summed E-state index contributed by atoms with van der Waals surface area (Å²) in [4.78, 5) is 22.7. The van der Waals surface area contributed by atoms with Gasteiger partial charge in [0, 0.05) is 10.5 Å². The fourth-order valence-electron chi connectivity index (χ4n) is 1.39. The van der Waals surface area contributed by atoms with Crippen LogP contribution in [0, 0.1) is 0 Å². The molecule has 17 heavy (non-hydrogen) atoms. The van der Waals surface area contributed by atoms with Crippen LogP contribution in [-0.4, -0.2) is 11.8 Å². The minimum Gasteiger partial charge on any atom is -0.349 e. The molecule has 0 fully saturated rings. The van der Waals surface area contributed by atoms with E-state index in [1.807, 2.05) is 11.5 Å². The first-order valence-electron chi connectivity index (χ1n) is 4.70. The molecule has 2 amide bonds. The van der Waals surface area contributed by atoms with Crippen molar-refractivity contribution in [3.8, 4) is 0 Å². The van der Waals surface area contributed by atoms with Crippen molar-refractivity contribution in [3.63, 3.8) is 0 Å². The van der Waals surface area contributed by atoms with Crippen LogP contribution >= 0.6 is 15.9 Å². The van der Waals surface area contributed by atoms with Gasteiger partial charge in [-0.05, 0) is 18.2 Å². The first-order chi connectivity index (χ1) is 8.10. The molecule has 0 unspecified atom stereocenters. The molecule has 0 saturated heterocycles. The Bertz CT molecular complexity index is 527. The second-order valence-corrected chi connectivity index (χ2v) is 4.25. The maximum atomic E-state index is 11.6. The molecule has 6 nitrogen and oxygen atoms in total. The average Bonchev–Trinajstić information content (AvgIpc) is 2.30. The number of anilines is 2. The molecule has 0 aliphatic carbocycles. The Balaban J connectivity index is 2.33. The lowest BCUT2D eigenvalue weighted by atomic mass is 10.2. The minimum absolute atomic E-state index is 0.141. The molecule has 0 aromatic heterocycles. The number of carbonyl (C=O) groups is 2. The normalized spacial score (nSPS) is 15.9. The van der Waals surface area contributed by atoms with Crippen LogP contribution in [0.15, 0.2) is 34.4 Å². The highest BCUT2D eigenvalue weighted by Crippen LogP contribution is 2.30. The summed E-state index contributed by atoms with van der Waals surface area (Å²) < 4.78 is 0.852. The summed E-state index contributed by atoms with van der Waals surface area (Å²) in [5, 5.41) is 5.51. The fourth-order valence-corrected chi connectivity index (χ4v) is 1.76. The molecule has 0 radical (unpaired) electrons. The standard InChI is InChI=1S/C10H9BrN4O2/c11-5-1-2-6-7(3-5)14-10(17)8(13-6)4-9(16)15-12/h1-4,13H,12H2,(H,14,17)(H,15,16)/b8-4+. The molecular weight excluding hydrogens is 288 g/mol. The smallest absolute Gasteiger partial charge is 0.272 e. The van der Waals surface area contributed by atoms with E-state index in [4.69, 9.17) is 5.84 Å². The summed E-state index contributed by atoms with van der Waals surface area (Å²) in [5.74, 6) is 4.00. The van der Waals surface area contributed by atoms with Crippen molar-refractivity contribution < 1.29 is 9.59 Å². The van der Waals surface area contributed by atoms with Gasteiger partial charge in [-0.25, -0.2) is 5.84 Å². The summed E-state index contributed by atoms with van der Waals surface area (Å²) in [6.45, 7) is 0. The summed E-state index contributed by atoms with van der Waals surface area (Å²) in [6.07, 6.45) is 1.10. The second kappa shape index (κ2) is 4.56. The number of rotatable bonds is 1. The van der Waals surface area contributed by atoms with Gasteiger partial charge in [0.15, 0.2) is 0 Å². The summed E-state index contributed by atoms with van der Waals surface area (Å²) in [7, 11) is 0. The Hall–Kier alpha value is -1.86. The van der Waals surface area contributed by atoms with Gasteiger partial charge in [-0.3, -0.25) is 15.0 Å². The van der Waals surface area contributed by atoms with E-state index in [1.165, 1.54) is 0 Å². The molecule has 88 valence electrons. The third-order valence-electron chi connectivity index (χ3n) is 2.16. The molecule has 0 saturated carbocycles. The van der Waals surface area contributed by atoms with Gasteiger partial charge in [0.25, 0.3) is 11.8 Å². The van der Waals surface area contributed by atoms with Gasteiger partial charge in [-0.15, -0.1) is 0 Å². The molecule has 1 aromatic rings. The maximum absolute atomic E-state index is 11.6. The highest BCUT2D eigenvalue weighted by molar-refractivity contribution is 9.10. The number of fused-ring (bicyclic) bond motifs is 1. The van der Waals surface area contributed by atoms with E-state index in [0.29, 0.717) is 11.4 Å². The van der Waals surface area contributed by atoms with Gasteiger partial charge in [-0.1, -0.05) is 15.9 Å². The molecule has 7 heteroatoms. The monoisotopic (exact) mass is 296 g/mol. The Kier molecular flexibility index (Phi) is 3.12. The summed E-state index contributed by atoms with van der Waals surface area (Å²) in [6, 6.07) is 5.37. The van der Waals surface area contributed by atoms with E-state index in [-0.39, 0.29) is 11.6 Å². The maximum Gasteiger partial charge on any atom is 0.272 e. The van der Waals surface area contributed by atoms with E-state index in [9.17, 15) is 9.59 Å². The Labute approximate surface area is 105 Å². The molecule has 0 bridgehead atoms. The molecule has 1 aromatic carbocycles. The lowest BCUT2D eigenvalue weighted by Gasteiger charge is -2.21. The van der Waals surface area contributed by atoms with Gasteiger partial charge in [0.2, 0.25) is 0 Å².